The number of nitrogens with one attached hydrogen (secondary N) is 4. The molecule has 2 amide bonds. The van der Waals surface area contributed by atoms with Crippen LogP contribution in [0.1, 0.15) is 34.0 Å². The summed E-state index contributed by atoms with van der Waals surface area (Å²) in [5.74, 6) is 4.69. The van der Waals surface area contributed by atoms with E-state index >= 15 is 0 Å². The Morgan fingerprint density at radius 3 is 2.07 bits per heavy atom. The summed E-state index contributed by atoms with van der Waals surface area (Å²) in [5, 5.41) is 21.1. The molecule has 0 spiro atoms. The first-order valence-electron chi connectivity index (χ1n) is 9.09. The summed E-state index contributed by atoms with van der Waals surface area (Å²) in [6, 6.07) is 12.3. The highest BCUT2D eigenvalue weighted by Crippen LogP contribution is 2.06. The molecule has 0 saturated heterocycles. The van der Waals surface area contributed by atoms with E-state index in [4.69, 9.17) is 22.1 Å². The van der Waals surface area contributed by atoms with Crippen molar-refractivity contribution in [2.75, 3.05) is 0 Å². The van der Waals surface area contributed by atoms with E-state index in [1.807, 2.05) is 24.3 Å². The SMILES string of the molecule is C[C@@H](N)[C@H](NC(=O)c1ccc(C#Cc2ccc(CNC(=N)N)cc2)cc1)C(=O)NO. The highest BCUT2D eigenvalue weighted by Gasteiger charge is 2.24. The highest BCUT2D eigenvalue weighted by molar-refractivity contribution is 5.97. The molecule has 2 aromatic carbocycles. The third-order valence-electron chi connectivity index (χ3n) is 4.14. The lowest BCUT2D eigenvalue weighted by molar-refractivity contribution is -0.131. The maximum atomic E-state index is 12.3. The largest absolute Gasteiger partial charge is 0.370 e. The molecule has 30 heavy (non-hydrogen) atoms. The molecule has 2 atom stereocenters. The normalized spacial score (nSPS) is 12.0. The number of carbonyl (C=O) groups is 2. The van der Waals surface area contributed by atoms with Gasteiger partial charge in [-0.05, 0) is 48.9 Å². The van der Waals surface area contributed by atoms with Gasteiger partial charge in [-0.3, -0.25) is 20.2 Å². The zero-order valence-electron chi connectivity index (χ0n) is 16.4. The average molecular weight is 408 g/mol. The number of amides is 2. The number of hydrogen-bond donors (Lipinski definition) is 7. The predicted molar refractivity (Wildman–Crippen MR) is 112 cm³/mol. The van der Waals surface area contributed by atoms with Gasteiger partial charge in [-0.1, -0.05) is 24.0 Å². The number of guanidine groups is 1. The number of benzene rings is 2. The molecule has 0 aliphatic rings. The standard InChI is InChI=1S/C21H24N6O3/c1-13(22)18(20(29)27-30)26-19(28)17-10-8-15(9-11-17)3-2-14-4-6-16(7-5-14)12-25-21(23)24/h4-11,13,18,30H,12,22H2,1H3,(H,26,28)(H,27,29)(H4,23,24,25)/t13-,18+/m1/s1. The van der Waals surface area contributed by atoms with Crippen LogP contribution in [-0.2, 0) is 11.3 Å². The van der Waals surface area contributed by atoms with E-state index in [1.165, 1.54) is 5.48 Å². The van der Waals surface area contributed by atoms with Gasteiger partial charge in [0.05, 0.1) is 0 Å². The van der Waals surface area contributed by atoms with Crippen molar-refractivity contribution in [3.05, 3.63) is 70.8 Å². The third-order valence-corrected chi connectivity index (χ3v) is 4.14. The Kier molecular flexibility index (Phi) is 7.93. The number of nitrogens with two attached hydrogens (primary N) is 2. The zero-order chi connectivity index (χ0) is 22.1. The fourth-order valence-corrected chi connectivity index (χ4v) is 2.48. The first kappa shape index (κ1) is 22.4. The van der Waals surface area contributed by atoms with Gasteiger partial charge in [0.15, 0.2) is 5.96 Å². The van der Waals surface area contributed by atoms with Crippen molar-refractivity contribution >= 4 is 17.8 Å². The predicted octanol–water partition coefficient (Wildman–Crippen LogP) is 0.0205. The minimum absolute atomic E-state index is 0.0827. The average Bonchev–Trinajstić information content (AvgIpc) is 2.74. The molecule has 0 aliphatic carbocycles. The molecule has 9 N–H and O–H groups in total. The van der Waals surface area contributed by atoms with E-state index in [2.05, 4.69) is 22.5 Å². The molecule has 0 aliphatic heterocycles. The summed E-state index contributed by atoms with van der Waals surface area (Å²) < 4.78 is 0. The Morgan fingerprint density at radius 1 is 1.07 bits per heavy atom. The van der Waals surface area contributed by atoms with Crippen LogP contribution in [0.2, 0.25) is 0 Å². The van der Waals surface area contributed by atoms with Gasteiger partial charge >= 0.3 is 0 Å². The lowest BCUT2D eigenvalue weighted by atomic mass is 10.1. The van der Waals surface area contributed by atoms with Crippen LogP contribution in [0, 0.1) is 17.3 Å². The molecule has 2 rings (SSSR count). The lowest BCUT2D eigenvalue weighted by Gasteiger charge is -2.20. The minimum Gasteiger partial charge on any atom is -0.370 e. The summed E-state index contributed by atoms with van der Waals surface area (Å²) in [5.41, 5.74) is 15.3. The second-order valence-corrected chi connectivity index (χ2v) is 6.58. The third kappa shape index (κ3) is 6.63. The van der Waals surface area contributed by atoms with Crippen molar-refractivity contribution < 1.29 is 14.8 Å². The molecule has 2 aromatic rings. The van der Waals surface area contributed by atoms with Crippen LogP contribution in [-0.4, -0.2) is 35.1 Å². The van der Waals surface area contributed by atoms with Gasteiger partial charge < -0.3 is 22.1 Å². The van der Waals surface area contributed by atoms with Gasteiger partial charge in [-0.15, -0.1) is 0 Å². The Bertz CT molecular complexity index is 959. The molecule has 0 heterocycles. The molecule has 0 bridgehead atoms. The first-order valence-corrected chi connectivity index (χ1v) is 9.09. The van der Waals surface area contributed by atoms with E-state index in [1.54, 1.807) is 31.2 Å². The summed E-state index contributed by atoms with van der Waals surface area (Å²) in [6.07, 6.45) is 0. The van der Waals surface area contributed by atoms with Gasteiger partial charge in [0.25, 0.3) is 11.8 Å². The van der Waals surface area contributed by atoms with Crippen molar-refractivity contribution in [1.82, 2.24) is 16.1 Å². The zero-order valence-corrected chi connectivity index (χ0v) is 16.4. The maximum Gasteiger partial charge on any atom is 0.267 e. The molecular weight excluding hydrogens is 384 g/mol. The fourth-order valence-electron chi connectivity index (χ4n) is 2.48. The van der Waals surface area contributed by atoms with Gasteiger partial charge in [0, 0.05) is 29.3 Å². The topological polar surface area (TPSA) is 166 Å². The lowest BCUT2D eigenvalue weighted by Crippen LogP contribution is -2.54. The molecule has 0 aromatic heterocycles. The summed E-state index contributed by atoms with van der Waals surface area (Å²) >= 11 is 0. The van der Waals surface area contributed by atoms with Crippen LogP contribution >= 0.6 is 0 Å². The second-order valence-electron chi connectivity index (χ2n) is 6.58. The van der Waals surface area contributed by atoms with Crippen LogP contribution in [0.25, 0.3) is 0 Å². The molecule has 9 heteroatoms. The molecule has 0 fully saturated rings. The van der Waals surface area contributed by atoms with Gasteiger partial charge in [0.2, 0.25) is 0 Å². The number of hydrogen-bond acceptors (Lipinski definition) is 5. The minimum atomic E-state index is -1.06. The second kappa shape index (κ2) is 10.6. The van der Waals surface area contributed by atoms with Crippen molar-refractivity contribution in [2.24, 2.45) is 11.5 Å². The van der Waals surface area contributed by atoms with Gasteiger partial charge in [0.1, 0.15) is 6.04 Å². The van der Waals surface area contributed by atoms with E-state index in [0.29, 0.717) is 17.7 Å². The van der Waals surface area contributed by atoms with Crippen molar-refractivity contribution in [1.29, 1.82) is 5.41 Å². The Hall–Kier alpha value is -3.87. The fraction of sp³-hybridized carbons (Fsp3) is 0.190. The van der Waals surface area contributed by atoms with Crippen molar-refractivity contribution in [3.8, 4) is 11.8 Å². The Labute approximate surface area is 174 Å². The molecule has 0 radical (unpaired) electrons. The Morgan fingerprint density at radius 2 is 1.60 bits per heavy atom. The van der Waals surface area contributed by atoms with Crippen molar-refractivity contribution in [3.63, 3.8) is 0 Å². The number of carbonyl (C=O) groups excluding carboxylic acids is 2. The quantitative estimate of drug-likeness (QED) is 0.117. The number of hydroxylamine groups is 1. The molecular formula is C21H24N6O3. The van der Waals surface area contributed by atoms with Crippen LogP contribution in [0.5, 0.6) is 0 Å². The molecule has 0 saturated carbocycles. The van der Waals surface area contributed by atoms with Crippen LogP contribution in [0.4, 0.5) is 0 Å². The van der Waals surface area contributed by atoms with Crippen molar-refractivity contribution in [2.45, 2.75) is 25.6 Å². The smallest absolute Gasteiger partial charge is 0.267 e. The van der Waals surface area contributed by atoms with E-state index in [9.17, 15) is 9.59 Å². The summed E-state index contributed by atoms with van der Waals surface area (Å²) in [6.45, 7) is 2.02. The van der Waals surface area contributed by atoms with Gasteiger partial charge in [-0.25, -0.2) is 5.48 Å². The van der Waals surface area contributed by atoms with Crippen LogP contribution in [0.3, 0.4) is 0 Å². The monoisotopic (exact) mass is 408 g/mol. The molecule has 9 nitrogen and oxygen atoms in total. The van der Waals surface area contributed by atoms with E-state index < -0.39 is 23.9 Å². The number of rotatable bonds is 6. The van der Waals surface area contributed by atoms with Crippen LogP contribution < -0.4 is 27.6 Å². The maximum absolute atomic E-state index is 12.3. The first-order chi connectivity index (χ1) is 14.3. The molecule has 0 unspecified atom stereocenters. The van der Waals surface area contributed by atoms with E-state index in [0.717, 1.165) is 11.1 Å². The highest BCUT2D eigenvalue weighted by atomic mass is 16.5. The Balaban J connectivity index is 2.02. The summed E-state index contributed by atoms with van der Waals surface area (Å²) in [4.78, 5) is 23.9. The van der Waals surface area contributed by atoms with Crippen LogP contribution in [0.15, 0.2) is 48.5 Å². The summed E-state index contributed by atoms with van der Waals surface area (Å²) in [7, 11) is 0. The van der Waals surface area contributed by atoms with E-state index in [-0.39, 0.29) is 5.96 Å². The molecule has 156 valence electrons. The van der Waals surface area contributed by atoms with Gasteiger partial charge in [-0.2, -0.15) is 0 Å².